The molecule has 2 rings (SSSR count). The molecule has 1 aliphatic rings. The Balaban J connectivity index is -0.000000757. The van der Waals surface area contributed by atoms with E-state index in [1.165, 1.54) is 55.6 Å². The lowest BCUT2D eigenvalue weighted by Gasteiger charge is -2.28. The van der Waals surface area contributed by atoms with Crippen LogP contribution >= 0.6 is 0 Å². The molecule has 0 amide bonds. The smallest absolute Gasteiger partial charge is 0.421 e. The van der Waals surface area contributed by atoms with Crippen LogP contribution in [0.5, 0.6) is 0 Å². The Labute approximate surface area is 364 Å². The van der Waals surface area contributed by atoms with Crippen LogP contribution in [0.2, 0.25) is 0 Å². The molecule has 398 valence electrons. The minimum atomic E-state index is -6.72. The fraction of sp³-hybridized carbons (Fsp3) is 0.870. The highest BCUT2D eigenvalue weighted by atomic mass is 32.3. The van der Waals surface area contributed by atoms with Crippen molar-refractivity contribution in [2.75, 3.05) is 40.4 Å². The third-order valence-corrected chi connectivity index (χ3v) is 15.5. The number of unbranched alkanes of at least 4 members (excludes halogenated alkanes) is 1. The summed E-state index contributed by atoms with van der Waals surface area (Å²) in [5.41, 5.74) is -37.1. The Morgan fingerprint density at radius 3 is 1.14 bits per heavy atom. The van der Waals surface area contributed by atoms with Gasteiger partial charge in [0.15, 0.2) is 40.1 Å². The molecule has 1 aromatic rings. The maximum atomic E-state index is 11.5. The van der Waals surface area contributed by atoms with Gasteiger partial charge in [-0.25, -0.2) is 59.6 Å². The molecule has 43 heteroatoms. The summed E-state index contributed by atoms with van der Waals surface area (Å²) < 4.78 is 337. The first-order chi connectivity index (χ1) is 28.6. The molecule has 1 aliphatic heterocycles. The zero-order valence-electron chi connectivity index (χ0n) is 33.3. The van der Waals surface area contributed by atoms with Crippen LogP contribution in [0.4, 0.5) is 79.0 Å². The summed E-state index contributed by atoms with van der Waals surface area (Å²) in [5, 5.41) is 0. The van der Waals surface area contributed by atoms with E-state index < -0.39 is 97.3 Å². The zero-order chi connectivity index (χ0) is 53.8. The molecule has 19 nitrogen and oxygen atoms in total. The van der Waals surface area contributed by atoms with E-state index in [1.54, 1.807) is 7.11 Å². The van der Waals surface area contributed by atoms with Gasteiger partial charge in [-0.05, 0) is 6.42 Å². The molecule has 1 N–H and O–H groups in total. The molecule has 0 bridgehead atoms. The molecule has 0 saturated carbocycles. The average Bonchev–Trinajstić information content (AvgIpc) is 3.63. The summed E-state index contributed by atoms with van der Waals surface area (Å²) in [6.45, 7) is 10.3. The fourth-order valence-corrected chi connectivity index (χ4v) is 8.79. The first-order valence-corrected chi connectivity index (χ1v) is 24.9. The predicted octanol–water partition coefficient (Wildman–Crippen LogP) is 4.69. The van der Waals surface area contributed by atoms with Gasteiger partial charge in [-0.1, -0.05) is 17.5 Å². The molecule has 0 atom stereocenters. The average molecular weight is 1140 g/mol. The van der Waals surface area contributed by atoms with Gasteiger partial charge >= 0.3 is 53.1 Å². The predicted molar refractivity (Wildman–Crippen MR) is 187 cm³/mol. The van der Waals surface area contributed by atoms with Gasteiger partial charge in [0.05, 0.1) is 40.3 Å². The molecule has 1 fully saturated rings. The second kappa shape index (κ2) is 23.8. The van der Waals surface area contributed by atoms with Gasteiger partial charge in [0.1, 0.15) is 18.9 Å². The lowest BCUT2D eigenvalue weighted by atomic mass is 10.3. The van der Waals surface area contributed by atoms with E-state index in [0.29, 0.717) is 0 Å². The molecule has 0 radical (unpaired) electrons. The largest absolute Gasteiger partial charge is 0.512 e. The number of aromatic nitrogens is 2. The summed E-state index contributed by atoms with van der Waals surface area (Å²) in [5.74, 6) is 1.33. The first kappa shape index (κ1) is 67.7. The molecule has 66 heavy (non-hydrogen) atoms. The highest BCUT2D eigenvalue weighted by Gasteiger charge is 2.55. The van der Waals surface area contributed by atoms with Gasteiger partial charge in [-0.2, -0.15) is 79.0 Å². The number of hydrogen-bond acceptors (Lipinski definition) is 13. The number of likely N-dealkylation sites (tertiary alicyclic amines) is 1. The number of imidazole rings is 1. The number of hydrogen-bond donors (Lipinski definition) is 1. The third kappa shape index (κ3) is 22.3. The van der Waals surface area contributed by atoms with Crippen molar-refractivity contribution in [2.24, 2.45) is 7.05 Å². The Morgan fingerprint density at radius 2 is 0.924 bits per heavy atom. The van der Waals surface area contributed by atoms with Gasteiger partial charge in [0.25, 0.3) is 5.82 Å². The number of aryl methyl sites for hydroxylation is 2. The van der Waals surface area contributed by atoms with Gasteiger partial charge in [0, 0.05) is 26.9 Å². The Kier molecular flexibility index (Phi) is 24.5. The van der Waals surface area contributed by atoms with Crippen molar-refractivity contribution in [1.29, 1.82) is 0 Å². The SMILES string of the molecule is CCCCn1cc[n+](C)c1C.COCC[N+]1(C)CCCC1.O=S(=O)(NS(=O)(=O)C(F)(F)F)C(F)(F)F.O=S(=O)([N-]S(=O)(=O)C(F)(F)F)C(F)(F)F.O=S(=O)([N-]S(=O)(=O)C(F)(F)F)C(F)(F)F. The second-order valence-electron chi connectivity index (χ2n) is 12.3. The summed E-state index contributed by atoms with van der Waals surface area (Å²) in [7, 11) is -33.9. The zero-order valence-corrected chi connectivity index (χ0v) is 38.2. The van der Waals surface area contributed by atoms with Crippen LogP contribution in [0.25, 0.3) is 8.25 Å². The van der Waals surface area contributed by atoms with Crippen molar-refractivity contribution in [2.45, 2.75) is 79.1 Å². The van der Waals surface area contributed by atoms with E-state index in [1.807, 2.05) is 0 Å². The van der Waals surface area contributed by atoms with E-state index >= 15 is 0 Å². The molecule has 0 aromatic carbocycles. The second-order valence-corrected chi connectivity index (χ2v) is 22.8. The van der Waals surface area contributed by atoms with Crippen LogP contribution in [0, 0.1) is 6.92 Å². The molecule has 1 aromatic heterocycles. The van der Waals surface area contributed by atoms with E-state index in [4.69, 9.17) is 4.74 Å². The summed E-state index contributed by atoms with van der Waals surface area (Å²) in [6, 6.07) is 0. The number of sulfonamides is 6. The summed E-state index contributed by atoms with van der Waals surface area (Å²) in [6.07, 6.45) is 9.59. The van der Waals surface area contributed by atoms with E-state index in [2.05, 4.69) is 49.5 Å². The Hall–Kier alpha value is -2.55. The standard InChI is InChI=1S/C9H17N2.C8H18NO.C2HF6NO4S2.2C2F6NO4S2/c1-4-5-6-11-8-7-10(3)9(11)2;1-9(7-8-10-2)5-3-4-6-9;3*3-1(4,5)14(10,11)9-15(12,13)2(6,7)8/h7-8H,4-6H2,1-3H3;3-8H2,1-2H3;9H;;/q2*+1;;2*-1. The lowest BCUT2D eigenvalue weighted by Crippen LogP contribution is -2.45. The van der Waals surface area contributed by atoms with E-state index in [0.717, 1.165) is 21.4 Å². The molecular formula is C23H36F18N6O13S6. The Morgan fingerprint density at radius 1 is 0.621 bits per heavy atom. The molecule has 1 saturated heterocycles. The normalized spacial score (nSPS) is 15.7. The minimum Gasteiger partial charge on any atom is -0.421 e. The van der Waals surface area contributed by atoms with Crippen molar-refractivity contribution in [3.05, 3.63) is 26.5 Å². The highest BCUT2D eigenvalue weighted by molar-refractivity contribution is 8.13. The molecule has 0 aliphatic carbocycles. The number of ether oxygens (including phenoxy) is 1. The van der Waals surface area contributed by atoms with Crippen LogP contribution in [0.1, 0.15) is 38.4 Å². The van der Waals surface area contributed by atoms with Gasteiger partial charge in [0.2, 0.25) is 0 Å². The number of methoxy groups -OCH3 is 1. The van der Waals surface area contributed by atoms with Gasteiger partial charge in [-0.15, -0.1) is 0 Å². The van der Waals surface area contributed by atoms with Gasteiger partial charge < -0.3 is 17.5 Å². The van der Waals surface area contributed by atoms with Crippen LogP contribution in [-0.2, 0) is 78.5 Å². The van der Waals surface area contributed by atoms with E-state index in [9.17, 15) is 130 Å². The van der Waals surface area contributed by atoms with Crippen molar-refractivity contribution in [3.8, 4) is 0 Å². The first-order valence-electron chi connectivity index (χ1n) is 16.1. The quantitative estimate of drug-likeness (QED) is 0.169. The number of halogens is 18. The topological polar surface area (TPSA) is 263 Å². The van der Waals surface area contributed by atoms with Crippen molar-refractivity contribution < 1.29 is 143 Å². The monoisotopic (exact) mass is 1140 g/mol. The lowest BCUT2D eigenvalue weighted by molar-refractivity contribution is -0.897. The maximum absolute atomic E-state index is 11.5. The molecule has 0 unspecified atom stereocenters. The van der Waals surface area contributed by atoms with Crippen molar-refractivity contribution in [1.82, 2.24) is 8.69 Å². The van der Waals surface area contributed by atoms with Crippen molar-refractivity contribution in [3.63, 3.8) is 0 Å². The number of nitrogens with one attached hydrogen (secondary N) is 1. The van der Waals surface area contributed by atoms with Crippen LogP contribution in [0.15, 0.2) is 12.4 Å². The number of nitrogens with zero attached hydrogens (tertiary/aromatic N) is 5. The fourth-order valence-electron chi connectivity index (χ4n) is 3.46. The minimum absolute atomic E-state index is 0.493. The molecule has 0 spiro atoms. The number of likely N-dealkylation sites (N-methyl/N-ethyl adjacent to an activating group) is 1. The third-order valence-electron chi connectivity index (χ3n) is 7.02. The van der Waals surface area contributed by atoms with Crippen LogP contribution in [0.3, 0.4) is 0 Å². The van der Waals surface area contributed by atoms with E-state index in [-0.39, 0.29) is 0 Å². The van der Waals surface area contributed by atoms with Gasteiger partial charge in [-0.3, -0.25) is 0 Å². The van der Waals surface area contributed by atoms with Crippen LogP contribution < -0.4 is 8.69 Å². The number of alkyl halides is 18. The summed E-state index contributed by atoms with van der Waals surface area (Å²) in [4.78, 5) is 0. The highest BCUT2D eigenvalue weighted by Crippen LogP contribution is 2.37. The number of quaternary nitrogens is 1. The molecule has 2 heterocycles. The number of rotatable bonds is 12. The summed E-state index contributed by atoms with van der Waals surface area (Å²) >= 11 is 0. The van der Waals surface area contributed by atoms with Crippen LogP contribution in [-0.4, -0.2) is 133 Å². The maximum Gasteiger partial charge on any atom is 0.512 e. The molecular weight excluding hydrogens is 1100 g/mol. The van der Waals surface area contributed by atoms with Crippen molar-refractivity contribution >= 4 is 60.1 Å². The Bertz CT molecular complexity index is 2040.